The topological polar surface area (TPSA) is 64.3 Å². The summed E-state index contributed by atoms with van der Waals surface area (Å²) in [5.41, 5.74) is 7.40. The number of ether oxygens (including phenoxy) is 1. The Morgan fingerprint density at radius 1 is 1.40 bits per heavy atom. The van der Waals surface area contributed by atoms with Gasteiger partial charge in [-0.15, -0.1) is 23.2 Å². The van der Waals surface area contributed by atoms with E-state index < -0.39 is 10.4 Å². The Hall–Kier alpha value is -1.13. The van der Waals surface area contributed by atoms with E-state index in [0.717, 1.165) is 23.3 Å². The van der Waals surface area contributed by atoms with Gasteiger partial charge in [0, 0.05) is 11.1 Å². The molecule has 1 saturated carbocycles. The van der Waals surface area contributed by atoms with Crippen molar-refractivity contribution < 1.29 is 9.53 Å². The average Bonchev–Trinajstić information content (AvgIpc) is 2.75. The van der Waals surface area contributed by atoms with Crippen LogP contribution in [0.1, 0.15) is 24.5 Å². The summed E-state index contributed by atoms with van der Waals surface area (Å²) in [6.45, 7) is 6.29. The molecule has 1 aliphatic rings. The van der Waals surface area contributed by atoms with Crippen LogP contribution in [0.15, 0.2) is 12.1 Å². The Kier molecular flexibility index (Phi) is 3.82. The zero-order valence-corrected chi connectivity index (χ0v) is 13.2. The van der Waals surface area contributed by atoms with E-state index in [2.05, 4.69) is 5.32 Å². The maximum atomic E-state index is 10.9. The van der Waals surface area contributed by atoms with Crippen LogP contribution in [0.5, 0.6) is 5.75 Å². The molecule has 6 heteroatoms. The van der Waals surface area contributed by atoms with Crippen molar-refractivity contribution in [1.29, 1.82) is 0 Å². The molecule has 110 valence electrons. The van der Waals surface area contributed by atoms with Gasteiger partial charge in [-0.3, -0.25) is 0 Å². The summed E-state index contributed by atoms with van der Waals surface area (Å²) in [7, 11) is 0. The number of rotatable bonds is 4. The van der Waals surface area contributed by atoms with Gasteiger partial charge in [-0.2, -0.15) is 0 Å². The van der Waals surface area contributed by atoms with Crippen LogP contribution in [0.25, 0.3) is 0 Å². The van der Waals surface area contributed by atoms with Gasteiger partial charge < -0.3 is 15.8 Å². The second-order valence-electron chi connectivity index (χ2n) is 5.66. The highest BCUT2D eigenvalue weighted by Gasteiger charge is 2.63. The zero-order valence-electron chi connectivity index (χ0n) is 11.7. The van der Waals surface area contributed by atoms with Crippen molar-refractivity contribution >= 4 is 34.9 Å². The van der Waals surface area contributed by atoms with Gasteiger partial charge in [0.2, 0.25) is 0 Å². The van der Waals surface area contributed by atoms with Crippen LogP contribution in [0, 0.1) is 19.3 Å². The lowest BCUT2D eigenvalue weighted by Crippen LogP contribution is -2.20. The summed E-state index contributed by atoms with van der Waals surface area (Å²) in [5.74, 6) is 0.789. The molecule has 1 aliphatic carbocycles. The van der Waals surface area contributed by atoms with Gasteiger partial charge in [0.15, 0.2) is 0 Å². The number of primary amides is 1. The standard InChI is InChI=1S/C14H18Cl2N2O2/c1-8-4-10(18-12(17)19)5-9(2)11(8)20-7-13(3)6-14(13,15)16/h4-5H,6-7H2,1-3H3,(H3,17,18,19). The summed E-state index contributed by atoms with van der Waals surface area (Å²) in [5, 5.41) is 2.55. The molecule has 1 fully saturated rings. The molecule has 4 nitrogen and oxygen atoms in total. The van der Waals surface area contributed by atoms with E-state index in [0.29, 0.717) is 12.3 Å². The first-order valence-corrected chi connectivity index (χ1v) is 7.08. The molecule has 0 radical (unpaired) electrons. The van der Waals surface area contributed by atoms with E-state index in [1.165, 1.54) is 0 Å². The number of halogens is 2. The van der Waals surface area contributed by atoms with Gasteiger partial charge >= 0.3 is 6.03 Å². The first-order valence-electron chi connectivity index (χ1n) is 6.33. The van der Waals surface area contributed by atoms with Crippen LogP contribution < -0.4 is 15.8 Å². The van der Waals surface area contributed by atoms with Crippen molar-refractivity contribution in [3.63, 3.8) is 0 Å². The summed E-state index contributed by atoms with van der Waals surface area (Å²) in [6.07, 6.45) is 0.725. The van der Waals surface area contributed by atoms with E-state index in [-0.39, 0.29) is 5.41 Å². The van der Waals surface area contributed by atoms with E-state index in [1.807, 2.05) is 32.9 Å². The average molecular weight is 317 g/mol. The number of hydrogen-bond acceptors (Lipinski definition) is 2. The third-order valence-corrected chi connectivity index (χ3v) is 4.81. The Labute approximate surface area is 128 Å². The molecule has 20 heavy (non-hydrogen) atoms. The van der Waals surface area contributed by atoms with Crippen molar-refractivity contribution in [3.05, 3.63) is 23.3 Å². The number of carbonyl (C=O) groups excluding carboxylic acids is 1. The van der Waals surface area contributed by atoms with E-state index in [9.17, 15) is 4.79 Å². The first-order chi connectivity index (χ1) is 9.14. The minimum Gasteiger partial charge on any atom is -0.492 e. The van der Waals surface area contributed by atoms with Crippen LogP contribution in [-0.2, 0) is 0 Å². The number of hydrogen-bond donors (Lipinski definition) is 2. The molecular weight excluding hydrogens is 299 g/mol. The number of nitrogens with two attached hydrogens (primary N) is 1. The van der Waals surface area contributed by atoms with Gasteiger partial charge in [-0.25, -0.2) is 4.79 Å². The smallest absolute Gasteiger partial charge is 0.316 e. The van der Waals surface area contributed by atoms with Crippen molar-refractivity contribution in [3.8, 4) is 5.75 Å². The minimum atomic E-state index is -0.692. The van der Waals surface area contributed by atoms with Crippen molar-refractivity contribution in [2.24, 2.45) is 11.1 Å². The Morgan fingerprint density at radius 3 is 2.30 bits per heavy atom. The third-order valence-electron chi connectivity index (χ3n) is 3.63. The highest BCUT2D eigenvalue weighted by atomic mass is 35.5. The predicted molar refractivity (Wildman–Crippen MR) is 81.8 cm³/mol. The predicted octanol–water partition coefficient (Wildman–Crippen LogP) is 3.76. The molecule has 0 aromatic heterocycles. The summed E-state index contributed by atoms with van der Waals surface area (Å²) >= 11 is 12.2. The molecule has 0 spiro atoms. The van der Waals surface area contributed by atoms with Crippen LogP contribution in [-0.4, -0.2) is 17.0 Å². The van der Waals surface area contributed by atoms with Crippen molar-refractivity contribution in [1.82, 2.24) is 0 Å². The molecule has 1 unspecified atom stereocenters. The largest absolute Gasteiger partial charge is 0.492 e. The molecule has 0 heterocycles. The monoisotopic (exact) mass is 316 g/mol. The van der Waals surface area contributed by atoms with Crippen molar-refractivity contribution in [2.45, 2.75) is 31.5 Å². The Morgan fingerprint density at radius 2 is 1.90 bits per heavy atom. The first kappa shape index (κ1) is 15.3. The molecule has 0 aliphatic heterocycles. The lowest BCUT2D eigenvalue weighted by Gasteiger charge is -2.18. The van der Waals surface area contributed by atoms with Crippen LogP contribution >= 0.6 is 23.2 Å². The van der Waals surface area contributed by atoms with Gasteiger partial charge in [0.25, 0.3) is 0 Å². The number of benzene rings is 1. The molecule has 1 aromatic rings. The number of amides is 2. The molecular formula is C14H18Cl2N2O2. The van der Waals surface area contributed by atoms with Crippen LogP contribution in [0.4, 0.5) is 10.5 Å². The molecule has 1 atom stereocenters. The fourth-order valence-corrected chi connectivity index (χ4v) is 2.93. The fraction of sp³-hybridized carbons (Fsp3) is 0.500. The lowest BCUT2D eigenvalue weighted by molar-refractivity contribution is 0.242. The third kappa shape index (κ3) is 2.96. The van der Waals surface area contributed by atoms with Gasteiger partial charge in [-0.05, 0) is 43.5 Å². The number of anilines is 1. The van der Waals surface area contributed by atoms with Gasteiger partial charge in [0.1, 0.15) is 10.1 Å². The van der Waals surface area contributed by atoms with E-state index in [1.54, 1.807) is 0 Å². The Balaban J connectivity index is 2.11. The summed E-state index contributed by atoms with van der Waals surface area (Å²) in [6, 6.07) is 3.05. The van der Waals surface area contributed by atoms with Gasteiger partial charge in [0.05, 0.1) is 6.61 Å². The molecule has 0 bridgehead atoms. The normalized spacial score (nSPS) is 23.2. The molecule has 2 amide bonds. The highest BCUT2D eigenvalue weighted by molar-refractivity contribution is 6.51. The van der Waals surface area contributed by atoms with Crippen LogP contribution in [0.2, 0.25) is 0 Å². The van der Waals surface area contributed by atoms with Crippen LogP contribution in [0.3, 0.4) is 0 Å². The highest BCUT2D eigenvalue weighted by Crippen LogP contribution is 2.63. The van der Waals surface area contributed by atoms with Gasteiger partial charge in [-0.1, -0.05) is 6.92 Å². The number of urea groups is 1. The number of alkyl halides is 2. The zero-order chi connectivity index (χ0) is 15.1. The second-order valence-corrected chi connectivity index (χ2v) is 7.14. The van der Waals surface area contributed by atoms with E-state index >= 15 is 0 Å². The Bertz CT molecular complexity index is 537. The maximum absolute atomic E-state index is 10.9. The quantitative estimate of drug-likeness (QED) is 0.831. The van der Waals surface area contributed by atoms with Crippen molar-refractivity contribution in [2.75, 3.05) is 11.9 Å². The molecule has 0 saturated heterocycles. The maximum Gasteiger partial charge on any atom is 0.316 e. The lowest BCUT2D eigenvalue weighted by atomic mass is 10.1. The second kappa shape index (κ2) is 5.01. The number of aryl methyl sites for hydroxylation is 2. The number of carbonyl (C=O) groups is 1. The molecule has 1 aromatic carbocycles. The SMILES string of the molecule is Cc1cc(NC(N)=O)cc(C)c1OCC1(C)CC1(Cl)Cl. The summed E-state index contributed by atoms with van der Waals surface area (Å²) in [4.78, 5) is 10.9. The fourth-order valence-electron chi connectivity index (χ4n) is 2.23. The minimum absolute atomic E-state index is 0.209. The molecule has 2 rings (SSSR count). The summed E-state index contributed by atoms with van der Waals surface area (Å²) < 4.78 is 5.19. The van der Waals surface area contributed by atoms with E-state index in [4.69, 9.17) is 33.7 Å². The number of nitrogens with one attached hydrogen (secondary N) is 1. The molecule has 3 N–H and O–H groups in total.